The molecule has 0 spiro atoms. The molecular formula is C39H34N2O. The Bertz CT molecular complexity index is 2000. The summed E-state index contributed by atoms with van der Waals surface area (Å²) in [6.45, 7) is 9.15. The van der Waals surface area contributed by atoms with Crippen LogP contribution in [0.5, 0.6) is 0 Å². The molecule has 3 heteroatoms. The SMILES string of the molecule is CC(C)c1cc(-c2ccccc2)cc(C(C)C)c1-n1c(-c2coc3cc(-c4ccccc4)ccc23)nc2ccccc21. The van der Waals surface area contributed by atoms with Crippen LogP contribution in [0.2, 0.25) is 0 Å². The van der Waals surface area contributed by atoms with Crippen molar-refractivity contribution in [2.75, 3.05) is 0 Å². The number of imidazole rings is 1. The van der Waals surface area contributed by atoms with Crippen molar-refractivity contribution in [3.63, 3.8) is 0 Å². The van der Waals surface area contributed by atoms with E-state index in [0.717, 1.165) is 39.0 Å². The van der Waals surface area contributed by atoms with Gasteiger partial charge in [-0.05, 0) is 81.6 Å². The van der Waals surface area contributed by atoms with E-state index in [-0.39, 0.29) is 0 Å². The zero-order valence-electron chi connectivity index (χ0n) is 24.5. The van der Waals surface area contributed by atoms with Gasteiger partial charge in [0, 0.05) is 5.39 Å². The Morgan fingerprint density at radius 3 is 1.83 bits per heavy atom. The van der Waals surface area contributed by atoms with Gasteiger partial charge in [0.2, 0.25) is 0 Å². The van der Waals surface area contributed by atoms with Crippen molar-refractivity contribution in [3.8, 4) is 39.3 Å². The molecule has 0 fully saturated rings. The molecule has 0 amide bonds. The Kier molecular flexibility index (Phi) is 6.51. The minimum absolute atomic E-state index is 0.310. The fraction of sp³-hybridized carbons (Fsp3) is 0.154. The second-order valence-electron chi connectivity index (χ2n) is 11.7. The molecule has 0 atom stereocenters. The molecule has 0 N–H and O–H groups in total. The van der Waals surface area contributed by atoms with Crippen molar-refractivity contribution >= 4 is 22.0 Å². The summed E-state index contributed by atoms with van der Waals surface area (Å²) in [6.07, 6.45) is 1.87. The standard InChI is InChI=1S/C39H34N2O/c1-25(2)32-21-30(28-15-9-6-10-16-28)22-33(26(3)4)38(32)41-36-18-12-11-17-35(36)40-39(41)34-24-42-37-23-29(19-20-31(34)37)27-13-7-5-8-14-27/h5-26H,1-4H3. The first kappa shape index (κ1) is 26.0. The molecule has 0 aliphatic heterocycles. The van der Waals surface area contributed by atoms with Gasteiger partial charge in [0.15, 0.2) is 0 Å². The van der Waals surface area contributed by atoms with Crippen LogP contribution in [0.15, 0.2) is 126 Å². The molecule has 0 saturated carbocycles. The van der Waals surface area contributed by atoms with E-state index in [9.17, 15) is 0 Å². The molecule has 42 heavy (non-hydrogen) atoms. The van der Waals surface area contributed by atoms with Crippen molar-refractivity contribution in [3.05, 3.63) is 133 Å². The van der Waals surface area contributed by atoms with E-state index in [2.05, 4.69) is 141 Å². The summed E-state index contributed by atoms with van der Waals surface area (Å²) in [5, 5.41) is 1.06. The van der Waals surface area contributed by atoms with E-state index >= 15 is 0 Å². The van der Waals surface area contributed by atoms with E-state index in [4.69, 9.17) is 9.40 Å². The van der Waals surface area contributed by atoms with Gasteiger partial charge >= 0.3 is 0 Å². The first-order chi connectivity index (χ1) is 20.5. The molecule has 0 saturated heterocycles. The first-order valence-corrected chi connectivity index (χ1v) is 14.8. The molecule has 7 rings (SSSR count). The van der Waals surface area contributed by atoms with Crippen LogP contribution >= 0.6 is 0 Å². The predicted molar refractivity (Wildman–Crippen MR) is 175 cm³/mol. The van der Waals surface area contributed by atoms with Crippen LogP contribution in [-0.4, -0.2) is 9.55 Å². The van der Waals surface area contributed by atoms with Gasteiger partial charge in [0.1, 0.15) is 17.7 Å². The topological polar surface area (TPSA) is 31.0 Å². The van der Waals surface area contributed by atoms with Gasteiger partial charge in [-0.25, -0.2) is 4.98 Å². The van der Waals surface area contributed by atoms with Gasteiger partial charge in [-0.1, -0.05) is 107 Å². The summed E-state index contributed by atoms with van der Waals surface area (Å²) in [5.74, 6) is 1.52. The minimum Gasteiger partial charge on any atom is -0.464 e. The van der Waals surface area contributed by atoms with E-state index in [1.807, 2.05) is 12.3 Å². The number of hydrogen-bond acceptors (Lipinski definition) is 2. The van der Waals surface area contributed by atoms with Crippen LogP contribution in [0.4, 0.5) is 0 Å². The quantitative estimate of drug-likeness (QED) is 0.208. The summed E-state index contributed by atoms with van der Waals surface area (Å²) in [4.78, 5) is 5.25. The highest BCUT2D eigenvalue weighted by Gasteiger charge is 2.25. The zero-order valence-corrected chi connectivity index (χ0v) is 24.5. The van der Waals surface area contributed by atoms with Gasteiger partial charge in [-0.15, -0.1) is 0 Å². The molecule has 0 radical (unpaired) electrons. The lowest BCUT2D eigenvalue weighted by Gasteiger charge is -2.24. The molecule has 0 aliphatic carbocycles. The molecule has 2 aromatic heterocycles. The predicted octanol–water partition coefficient (Wildman–Crippen LogP) is 11.0. The number of para-hydroxylation sites is 2. The van der Waals surface area contributed by atoms with Crippen LogP contribution in [0.25, 0.3) is 61.3 Å². The highest BCUT2D eigenvalue weighted by molar-refractivity contribution is 5.97. The third-order valence-corrected chi connectivity index (χ3v) is 8.23. The van der Waals surface area contributed by atoms with Crippen molar-refractivity contribution in [1.29, 1.82) is 0 Å². The number of rotatable bonds is 6. The molecule has 2 heterocycles. The number of aromatic nitrogens is 2. The Morgan fingerprint density at radius 1 is 0.595 bits per heavy atom. The highest BCUT2D eigenvalue weighted by atomic mass is 16.3. The van der Waals surface area contributed by atoms with Crippen LogP contribution in [0.1, 0.15) is 50.7 Å². The van der Waals surface area contributed by atoms with Crippen LogP contribution in [0, 0.1) is 0 Å². The van der Waals surface area contributed by atoms with Crippen molar-refractivity contribution in [2.45, 2.75) is 39.5 Å². The van der Waals surface area contributed by atoms with Crippen molar-refractivity contribution in [1.82, 2.24) is 9.55 Å². The molecule has 5 aromatic carbocycles. The van der Waals surface area contributed by atoms with Crippen LogP contribution in [-0.2, 0) is 0 Å². The minimum atomic E-state index is 0.310. The van der Waals surface area contributed by atoms with Crippen LogP contribution < -0.4 is 0 Å². The lowest BCUT2D eigenvalue weighted by Crippen LogP contribution is -2.09. The molecule has 7 aromatic rings. The van der Waals surface area contributed by atoms with Gasteiger partial charge in [-0.2, -0.15) is 0 Å². The number of fused-ring (bicyclic) bond motifs is 2. The number of furan rings is 1. The van der Waals surface area contributed by atoms with E-state index in [1.165, 1.54) is 33.5 Å². The Hall–Kier alpha value is -4.89. The smallest absolute Gasteiger partial charge is 0.149 e. The molecule has 0 bridgehead atoms. The van der Waals surface area contributed by atoms with Crippen molar-refractivity contribution < 1.29 is 4.42 Å². The van der Waals surface area contributed by atoms with Crippen molar-refractivity contribution in [2.24, 2.45) is 0 Å². The fourth-order valence-electron chi connectivity index (χ4n) is 6.06. The lowest BCUT2D eigenvalue weighted by molar-refractivity contribution is 0.616. The lowest BCUT2D eigenvalue weighted by atomic mass is 9.88. The molecule has 206 valence electrons. The summed E-state index contributed by atoms with van der Waals surface area (Å²) >= 11 is 0. The number of hydrogen-bond donors (Lipinski definition) is 0. The second-order valence-corrected chi connectivity index (χ2v) is 11.7. The second kappa shape index (κ2) is 10.5. The summed E-state index contributed by atoms with van der Waals surface area (Å²) in [5.41, 5.74) is 12.6. The van der Waals surface area contributed by atoms with Crippen LogP contribution in [0.3, 0.4) is 0 Å². The largest absolute Gasteiger partial charge is 0.464 e. The number of benzene rings is 5. The first-order valence-electron chi connectivity index (χ1n) is 14.8. The maximum atomic E-state index is 6.23. The van der Waals surface area contributed by atoms with Gasteiger partial charge in [0.05, 0.1) is 22.3 Å². The Balaban J connectivity index is 1.50. The third-order valence-electron chi connectivity index (χ3n) is 8.23. The Morgan fingerprint density at radius 2 is 1.19 bits per heavy atom. The molecule has 0 aliphatic rings. The van der Waals surface area contributed by atoms with E-state index < -0.39 is 0 Å². The monoisotopic (exact) mass is 546 g/mol. The Labute approximate surface area is 247 Å². The normalized spacial score (nSPS) is 11.8. The fourth-order valence-corrected chi connectivity index (χ4v) is 6.06. The van der Waals surface area contributed by atoms with Gasteiger partial charge in [0.25, 0.3) is 0 Å². The molecule has 0 unspecified atom stereocenters. The molecular weight excluding hydrogens is 512 g/mol. The summed E-state index contributed by atoms with van der Waals surface area (Å²) < 4.78 is 8.61. The maximum Gasteiger partial charge on any atom is 0.149 e. The third kappa shape index (κ3) is 4.42. The summed E-state index contributed by atoms with van der Waals surface area (Å²) in [6, 6.07) is 40.8. The van der Waals surface area contributed by atoms with Gasteiger partial charge in [-0.3, -0.25) is 4.57 Å². The average molecular weight is 547 g/mol. The summed E-state index contributed by atoms with van der Waals surface area (Å²) in [7, 11) is 0. The zero-order chi connectivity index (χ0) is 28.8. The highest BCUT2D eigenvalue weighted by Crippen LogP contribution is 2.42. The average Bonchev–Trinajstić information content (AvgIpc) is 3.62. The number of nitrogens with zero attached hydrogens (tertiary/aromatic N) is 2. The van der Waals surface area contributed by atoms with E-state index in [0.29, 0.717) is 11.8 Å². The van der Waals surface area contributed by atoms with E-state index in [1.54, 1.807) is 0 Å². The van der Waals surface area contributed by atoms with Gasteiger partial charge < -0.3 is 4.42 Å². The maximum absolute atomic E-state index is 6.23. The molecule has 3 nitrogen and oxygen atoms in total.